The molecule has 8 nitrogen and oxygen atoms in total. The summed E-state index contributed by atoms with van der Waals surface area (Å²) in [6, 6.07) is 9.45. The number of methoxy groups -OCH3 is 1. The van der Waals surface area contributed by atoms with Crippen LogP contribution in [0.5, 0.6) is 0 Å². The highest BCUT2D eigenvalue weighted by molar-refractivity contribution is 5.98. The van der Waals surface area contributed by atoms with Gasteiger partial charge in [0.05, 0.1) is 29.6 Å². The normalized spacial score (nSPS) is 11.2. The van der Waals surface area contributed by atoms with Crippen molar-refractivity contribution in [2.24, 2.45) is 0 Å². The summed E-state index contributed by atoms with van der Waals surface area (Å²) in [6.45, 7) is 7.56. The first-order valence-corrected chi connectivity index (χ1v) is 10.7. The van der Waals surface area contributed by atoms with E-state index in [4.69, 9.17) is 9.47 Å². The van der Waals surface area contributed by atoms with Crippen molar-refractivity contribution in [2.75, 3.05) is 7.11 Å². The molecule has 0 N–H and O–H groups in total. The van der Waals surface area contributed by atoms with Gasteiger partial charge in [-0.2, -0.15) is 5.10 Å². The lowest BCUT2D eigenvalue weighted by Crippen LogP contribution is -2.14. The van der Waals surface area contributed by atoms with Gasteiger partial charge in [0.2, 0.25) is 0 Å². The predicted octanol–water partition coefficient (Wildman–Crippen LogP) is 3.97. The van der Waals surface area contributed by atoms with Crippen LogP contribution in [0, 0.1) is 27.7 Å². The molecule has 0 aliphatic rings. The van der Waals surface area contributed by atoms with E-state index in [0.29, 0.717) is 17.7 Å². The highest BCUT2D eigenvalue weighted by atomic mass is 16.5. The summed E-state index contributed by atoms with van der Waals surface area (Å²) >= 11 is 0. The van der Waals surface area contributed by atoms with Gasteiger partial charge < -0.3 is 9.47 Å². The number of para-hydroxylation sites is 1. The predicted molar refractivity (Wildman–Crippen MR) is 123 cm³/mol. The first kappa shape index (κ1) is 22.4. The molecule has 0 saturated carbocycles. The van der Waals surface area contributed by atoms with Crippen molar-refractivity contribution >= 4 is 28.5 Å². The molecule has 0 bridgehead atoms. The zero-order valence-electron chi connectivity index (χ0n) is 19.4. The summed E-state index contributed by atoms with van der Waals surface area (Å²) in [7, 11) is 1.32. The van der Waals surface area contributed by atoms with E-state index in [1.165, 1.54) is 7.11 Å². The number of aromatic nitrogens is 4. The number of ether oxygens (including phenoxy) is 2. The van der Waals surface area contributed by atoms with Gasteiger partial charge >= 0.3 is 11.9 Å². The molecule has 33 heavy (non-hydrogen) atoms. The van der Waals surface area contributed by atoms with E-state index in [2.05, 4.69) is 15.1 Å². The molecule has 0 fully saturated rings. The number of aryl methyl sites for hydroxylation is 4. The third kappa shape index (κ3) is 4.28. The van der Waals surface area contributed by atoms with Crippen LogP contribution in [0.1, 0.15) is 50.7 Å². The number of benzene rings is 1. The third-order valence-electron chi connectivity index (χ3n) is 5.85. The fourth-order valence-corrected chi connectivity index (χ4v) is 4.17. The van der Waals surface area contributed by atoms with Crippen LogP contribution in [0.25, 0.3) is 16.6 Å². The Morgan fingerprint density at radius 1 is 1.06 bits per heavy atom. The summed E-state index contributed by atoms with van der Waals surface area (Å²) in [5, 5.41) is 5.33. The summed E-state index contributed by atoms with van der Waals surface area (Å²) < 4.78 is 12.3. The lowest BCUT2D eigenvalue weighted by molar-refractivity contribution is -0.145. The van der Waals surface area contributed by atoms with Crippen molar-refractivity contribution in [1.82, 2.24) is 19.6 Å². The van der Waals surface area contributed by atoms with Crippen LogP contribution in [0.4, 0.5) is 0 Å². The molecule has 170 valence electrons. The first-order chi connectivity index (χ1) is 15.8. The molecule has 4 aromatic rings. The number of carbonyl (C=O) groups excluding carboxylic acids is 2. The zero-order chi connectivity index (χ0) is 23.7. The minimum Gasteiger partial charge on any atom is -0.465 e. The van der Waals surface area contributed by atoms with Crippen molar-refractivity contribution in [3.63, 3.8) is 0 Å². The van der Waals surface area contributed by atoms with E-state index >= 15 is 0 Å². The summed E-state index contributed by atoms with van der Waals surface area (Å²) in [4.78, 5) is 34.1. The fourth-order valence-electron chi connectivity index (χ4n) is 4.17. The molecular weight excluding hydrogens is 420 g/mol. The third-order valence-corrected chi connectivity index (χ3v) is 5.85. The number of fused-ring (bicyclic) bond motifs is 2. The van der Waals surface area contributed by atoms with Crippen LogP contribution >= 0.6 is 0 Å². The van der Waals surface area contributed by atoms with E-state index in [1.54, 1.807) is 4.52 Å². The molecule has 0 saturated heterocycles. The van der Waals surface area contributed by atoms with Crippen LogP contribution in [-0.2, 0) is 27.3 Å². The second-order valence-corrected chi connectivity index (χ2v) is 8.04. The topological polar surface area (TPSA) is 95.7 Å². The van der Waals surface area contributed by atoms with E-state index in [9.17, 15) is 9.59 Å². The quantitative estimate of drug-likeness (QED) is 0.414. The van der Waals surface area contributed by atoms with Crippen molar-refractivity contribution in [2.45, 2.75) is 47.1 Å². The minimum atomic E-state index is -0.503. The highest BCUT2D eigenvalue weighted by Crippen LogP contribution is 2.24. The zero-order valence-corrected chi connectivity index (χ0v) is 19.4. The maximum Gasteiger partial charge on any atom is 0.340 e. The number of pyridine rings is 1. The SMILES string of the molecule is COC(=O)c1c(COC(=O)CCc2c(C)nc3cc(C)nn3c2C)nc2ccccc2c1C. The summed E-state index contributed by atoms with van der Waals surface area (Å²) in [5.74, 6) is -0.883. The Morgan fingerprint density at radius 2 is 1.82 bits per heavy atom. The molecule has 0 atom stereocenters. The largest absolute Gasteiger partial charge is 0.465 e. The molecular formula is C25H26N4O4. The molecule has 4 rings (SSSR count). The van der Waals surface area contributed by atoms with Gasteiger partial charge in [-0.25, -0.2) is 19.3 Å². The monoisotopic (exact) mass is 446 g/mol. The average molecular weight is 447 g/mol. The smallest absolute Gasteiger partial charge is 0.340 e. The molecule has 0 spiro atoms. The molecule has 1 aromatic carbocycles. The molecule has 3 heterocycles. The Balaban J connectivity index is 1.52. The minimum absolute atomic E-state index is 0.109. The van der Waals surface area contributed by atoms with Crippen LogP contribution < -0.4 is 0 Å². The number of rotatable bonds is 6. The van der Waals surface area contributed by atoms with E-state index in [1.807, 2.05) is 58.0 Å². The van der Waals surface area contributed by atoms with Gasteiger partial charge in [-0.3, -0.25) is 4.79 Å². The van der Waals surface area contributed by atoms with Gasteiger partial charge in [0, 0.05) is 29.3 Å². The number of carbonyl (C=O) groups is 2. The number of hydrogen-bond acceptors (Lipinski definition) is 7. The summed E-state index contributed by atoms with van der Waals surface area (Å²) in [5.41, 5.74) is 6.67. The van der Waals surface area contributed by atoms with Gasteiger partial charge in [-0.15, -0.1) is 0 Å². The summed E-state index contributed by atoms with van der Waals surface area (Å²) in [6.07, 6.45) is 0.654. The van der Waals surface area contributed by atoms with Gasteiger partial charge in [0.25, 0.3) is 0 Å². The Labute approximate surface area is 191 Å². The molecule has 0 radical (unpaired) electrons. The van der Waals surface area contributed by atoms with Gasteiger partial charge in [0.1, 0.15) is 6.61 Å². The van der Waals surface area contributed by atoms with Crippen LogP contribution in [-0.4, -0.2) is 38.6 Å². The van der Waals surface area contributed by atoms with Gasteiger partial charge in [-0.1, -0.05) is 18.2 Å². The second kappa shape index (κ2) is 8.97. The molecule has 0 aliphatic heterocycles. The molecule has 0 amide bonds. The average Bonchev–Trinajstić information content (AvgIpc) is 3.17. The number of nitrogens with zero attached hydrogens (tertiary/aromatic N) is 4. The standard InChI is InChI=1S/C25H26N4O4/c1-14-12-22-26-16(3)19(17(4)29(22)28-14)10-11-23(30)33-13-21-24(25(31)32-5)15(2)18-8-6-7-9-20(18)27-21/h6-9,12H,10-11,13H2,1-5H3. The van der Waals surface area contributed by atoms with E-state index < -0.39 is 5.97 Å². The molecule has 3 aromatic heterocycles. The Bertz CT molecular complexity index is 1390. The molecule has 0 aliphatic carbocycles. The van der Waals surface area contributed by atoms with Crippen molar-refractivity contribution in [3.05, 3.63) is 69.8 Å². The lowest BCUT2D eigenvalue weighted by atomic mass is 10.0. The lowest BCUT2D eigenvalue weighted by Gasteiger charge is -2.14. The van der Waals surface area contributed by atoms with E-state index in [-0.39, 0.29) is 19.0 Å². The molecule has 8 heteroatoms. The van der Waals surface area contributed by atoms with E-state index in [0.717, 1.165) is 44.8 Å². The van der Waals surface area contributed by atoms with Crippen molar-refractivity contribution in [1.29, 1.82) is 0 Å². The maximum absolute atomic E-state index is 12.6. The van der Waals surface area contributed by atoms with Gasteiger partial charge in [0.15, 0.2) is 5.65 Å². The first-order valence-electron chi connectivity index (χ1n) is 10.7. The highest BCUT2D eigenvalue weighted by Gasteiger charge is 2.21. The van der Waals surface area contributed by atoms with Crippen LogP contribution in [0.3, 0.4) is 0 Å². The number of hydrogen-bond donors (Lipinski definition) is 0. The Kier molecular flexibility index (Phi) is 6.09. The van der Waals surface area contributed by atoms with Crippen molar-refractivity contribution < 1.29 is 19.1 Å². The Morgan fingerprint density at radius 3 is 2.58 bits per heavy atom. The maximum atomic E-state index is 12.6. The fraction of sp³-hybridized carbons (Fsp3) is 0.320. The Hall–Kier alpha value is -3.81. The van der Waals surface area contributed by atoms with Crippen LogP contribution in [0.15, 0.2) is 30.3 Å². The van der Waals surface area contributed by atoms with Gasteiger partial charge in [-0.05, 0) is 51.3 Å². The molecule has 0 unspecified atom stereocenters. The second-order valence-electron chi connectivity index (χ2n) is 8.04. The number of esters is 2. The van der Waals surface area contributed by atoms with Crippen LogP contribution in [0.2, 0.25) is 0 Å². The van der Waals surface area contributed by atoms with Crippen molar-refractivity contribution in [3.8, 4) is 0 Å².